The van der Waals surface area contributed by atoms with Gasteiger partial charge in [0.15, 0.2) is 22.4 Å². The Bertz CT molecular complexity index is 1050. The molecule has 1 aliphatic heterocycles. The van der Waals surface area contributed by atoms with Crippen molar-refractivity contribution in [1.29, 1.82) is 0 Å². The third-order valence-corrected chi connectivity index (χ3v) is 4.70. The first-order chi connectivity index (χ1) is 12.8. The Balaban J connectivity index is 1.59. The molecule has 6 nitrogen and oxygen atoms in total. The summed E-state index contributed by atoms with van der Waals surface area (Å²) in [6.07, 6.45) is 0.0195. The first-order valence-electron chi connectivity index (χ1n) is 7.60. The average Bonchev–Trinajstić information content (AvgIpc) is 3.16. The highest BCUT2D eigenvalue weighted by molar-refractivity contribution is 7.19. The number of aryl methyl sites for hydroxylation is 1. The van der Waals surface area contributed by atoms with E-state index in [1.54, 1.807) is 6.92 Å². The van der Waals surface area contributed by atoms with E-state index in [2.05, 4.69) is 24.8 Å². The van der Waals surface area contributed by atoms with Gasteiger partial charge in [0, 0.05) is 18.0 Å². The molecule has 27 heavy (non-hydrogen) atoms. The van der Waals surface area contributed by atoms with Crippen LogP contribution >= 0.6 is 11.3 Å². The summed E-state index contributed by atoms with van der Waals surface area (Å²) in [6, 6.07) is 4.12. The second kappa shape index (κ2) is 6.23. The number of nitrogens with zero attached hydrogens (tertiary/aromatic N) is 2. The van der Waals surface area contributed by atoms with Crippen molar-refractivity contribution in [2.45, 2.75) is 13.2 Å². The predicted octanol–water partition coefficient (Wildman–Crippen LogP) is 4.23. The van der Waals surface area contributed by atoms with Crippen LogP contribution in [0.3, 0.4) is 0 Å². The van der Waals surface area contributed by atoms with Gasteiger partial charge in [-0.2, -0.15) is 0 Å². The van der Waals surface area contributed by atoms with E-state index in [0.717, 1.165) is 17.5 Å². The number of alkyl halides is 2. The van der Waals surface area contributed by atoms with Crippen molar-refractivity contribution >= 4 is 22.4 Å². The number of amides is 1. The number of thiazole rings is 1. The van der Waals surface area contributed by atoms with E-state index in [-0.39, 0.29) is 22.2 Å². The van der Waals surface area contributed by atoms with Crippen LogP contribution in [0.2, 0.25) is 0 Å². The first kappa shape index (κ1) is 17.3. The molecule has 0 aliphatic carbocycles. The summed E-state index contributed by atoms with van der Waals surface area (Å²) in [5.41, 5.74) is 1.10. The maximum atomic E-state index is 13.6. The number of pyridine rings is 1. The number of fused-ring (bicyclic) bond motifs is 1. The number of halogens is 3. The quantitative estimate of drug-likeness (QED) is 0.721. The third-order valence-electron chi connectivity index (χ3n) is 3.76. The minimum atomic E-state index is -3.70. The minimum Gasteiger partial charge on any atom is -0.395 e. The van der Waals surface area contributed by atoms with Crippen molar-refractivity contribution in [3.05, 3.63) is 53.7 Å². The first-order valence-corrected chi connectivity index (χ1v) is 8.41. The molecule has 4 rings (SSSR count). The number of ether oxygens (including phenoxy) is 2. The lowest BCUT2D eigenvalue weighted by Gasteiger charge is -2.04. The van der Waals surface area contributed by atoms with Crippen molar-refractivity contribution in [2.24, 2.45) is 0 Å². The van der Waals surface area contributed by atoms with Gasteiger partial charge in [-0.25, -0.2) is 9.37 Å². The Kier molecular flexibility index (Phi) is 3.99. The Morgan fingerprint density at radius 1 is 1.22 bits per heavy atom. The summed E-state index contributed by atoms with van der Waals surface area (Å²) in [7, 11) is 0. The zero-order valence-electron chi connectivity index (χ0n) is 13.6. The van der Waals surface area contributed by atoms with E-state index in [4.69, 9.17) is 0 Å². The highest BCUT2D eigenvalue weighted by Crippen LogP contribution is 2.45. The molecule has 0 unspecified atom stereocenters. The van der Waals surface area contributed by atoms with Crippen LogP contribution in [0.25, 0.3) is 10.4 Å². The van der Waals surface area contributed by atoms with Gasteiger partial charge in [-0.05, 0) is 30.7 Å². The molecule has 0 saturated heterocycles. The molecule has 1 amide bonds. The zero-order chi connectivity index (χ0) is 19.2. The molecule has 3 heterocycles. The van der Waals surface area contributed by atoms with Crippen LogP contribution in [-0.4, -0.2) is 22.2 Å². The van der Waals surface area contributed by atoms with Gasteiger partial charge in [0.2, 0.25) is 0 Å². The standard InChI is InChI=1S/C17H10F3N3O3S/c1-8-4-12-13(26-17(19,20)25-12)5-10(8)14-7-22-16(27-14)23-15(24)9-2-3-21-6-11(9)18/h2-7H,1H3,(H,22,23,24). The van der Waals surface area contributed by atoms with E-state index in [9.17, 15) is 18.0 Å². The number of carbonyl (C=O) groups excluding carboxylic acids is 1. The summed E-state index contributed by atoms with van der Waals surface area (Å²) >= 11 is 1.11. The summed E-state index contributed by atoms with van der Waals surface area (Å²) in [6.45, 7) is 1.72. The minimum absolute atomic E-state index is 0.0487. The maximum absolute atomic E-state index is 13.6. The molecule has 0 spiro atoms. The Morgan fingerprint density at radius 2 is 1.96 bits per heavy atom. The number of anilines is 1. The molecule has 0 bridgehead atoms. The maximum Gasteiger partial charge on any atom is 0.586 e. The van der Waals surface area contributed by atoms with Crippen molar-refractivity contribution in [3.63, 3.8) is 0 Å². The average molecular weight is 393 g/mol. The lowest BCUT2D eigenvalue weighted by molar-refractivity contribution is -0.286. The molecule has 3 aromatic rings. The SMILES string of the molecule is Cc1cc2c(cc1-c1cnc(NC(=O)c3ccncc3F)s1)OC(F)(F)O2. The summed E-state index contributed by atoms with van der Waals surface area (Å²) in [5.74, 6) is -1.55. The number of carbonyl (C=O) groups is 1. The predicted molar refractivity (Wildman–Crippen MR) is 90.6 cm³/mol. The van der Waals surface area contributed by atoms with Crippen LogP contribution in [0.1, 0.15) is 15.9 Å². The Hall–Kier alpha value is -3.14. The fourth-order valence-corrected chi connectivity index (χ4v) is 3.44. The summed E-state index contributed by atoms with van der Waals surface area (Å²) in [4.78, 5) is 20.4. The molecular formula is C17H10F3N3O3S. The van der Waals surface area contributed by atoms with E-state index < -0.39 is 18.0 Å². The molecule has 138 valence electrons. The molecule has 2 aromatic heterocycles. The second-order valence-electron chi connectivity index (χ2n) is 5.62. The Labute approximate surface area is 154 Å². The highest BCUT2D eigenvalue weighted by Gasteiger charge is 2.43. The molecule has 0 fully saturated rings. The van der Waals surface area contributed by atoms with E-state index in [1.165, 1.54) is 30.6 Å². The number of nitrogens with one attached hydrogen (secondary N) is 1. The molecular weight excluding hydrogens is 383 g/mol. The molecule has 1 N–H and O–H groups in total. The van der Waals surface area contributed by atoms with Gasteiger partial charge in [0.05, 0.1) is 16.6 Å². The number of hydrogen-bond donors (Lipinski definition) is 1. The molecule has 0 radical (unpaired) electrons. The van der Waals surface area contributed by atoms with Gasteiger partial charge in [-0.1, -0.05) is 11.3 Å². The van der Waals surface area contributed by atoms with Crippen molar-refractivity contribution in [3.8, 4) is 21.9 Å². The van der Waals surface area contributed by atoms with E-state index >= 15 is 0 Å². The monoisotopic (exact) mass is 393 g/mol. The van der Waals surface area contributed by atoms with Crippen molar-refractivity contribution < 1.29 is 27.4 Å². The molecule has 0 saturated carbocycles. The van der Waals surface area contributed by atoms with Crippen molar-refractivity contribution in [2.75, 3.05) is 5.32 Å². The van der Waals surface area contributed by atoms with Gasteiger partial charge in [-0.15, -0.1) is 8.78 Å². The van der Waals surface area contributed by atoms with Crippen LogP contribution in [-0.2, 0) is 0 Å². The fraction of sp³-hybridized carbons (Fsp3) is 0.118. The second-order valence-corrected chi connectivity index (χ2v) is 6.65. The van der Waals surface area contributed by atoms with E-state index in [1.807, 2.05) is 0 Å². The largest absolute Gasteiger partial charge is 0.586 e. The number of benzene rings is 1. The van der Waals surface area contributed by atoms with Gasteiger partial charge in [-0.3, -0.25) is 15.1 Å². The highest BCUT2D eigenvalue weighted by atomic mass is 32.1. The lowest BCUT2D eigenvalue weighted by atomic mass is 10.1. The van der Waals surface area contributed by atoms with Gasteiger partial charge in [0.1, 0.15) is 0 Å². The van der Waals surface area contributed by atoms with Crippen LogP contribution < -0.4 is 14.8 Å². The van der Waals surface area contributed by atoms with Gasteiger partial charge >= 0.3 is 6.29 Å². The van der Waals surface area contributed by atoms with E-state index in [0.29, 0.717) is 16.0 Å². The molecule has 1 aliphatic rings. The normalized spacial score (nSPS) is 14.2. The summed E-state index contributed by atoms with van der Waals surface area (Å²) in [5, 5.41) is 2.73. The Morgan fingerprint density at radius 3 is 2.70 bits per heavy atom. The molecule has 10 heteroatoms. The van der Waals surface area contributed by atoms with Crippen LogP contribution in [0.5, 0.6) is 11.5 Å². The third kappa shape index (κ3) is 3.31. The number of aromatic nitrogens is 2. The lowest BCUT2D eigenvalue weighted by Crippen LogP contribution is -2.25. The van der Waals surface area contributed by atoms with Gasteiger partial charge < -0.3 is 9.47 Å². The number of rotatable bonds is 3. The van der Waals surface area contributed by atoms with Crippen LogP contribution in [0.15, 0.2) is 36.8 Å². The zero-order valence-corrected chi connectivity index (χ0v) is 14.4. The topological polar surface area (TPSA) is 73.3 Å². The van der Waals surface area contributed by atoms with Gasteiger partial charge in [0.25, 0.3) is 5.91 Å². The molecule has 0 atom stereocenters. The van der Waals surface area contributed by atoms with Crippen molar-refractivity contribution in [1.82, 2.24) is 9.97 Å². The summed E-state index contributed by atoms with van der Waals surface area (Å²) < 4.78 is 48.9. The number of hydrogen-bond acceptors (Lipinski definition) is 6. The smallest absolute Gasteiger partial charge is 0.395 e. The van der Waals surface area contributed by atoms with Crippen LogP contribution in [0, 0.1) is 12.7 Å². The van der Waals surface area contributed by atoms with Crippen LogP contribution in [0.4, 0.5) is 18.3 Å². The molecule has 1 aromatic carbocycles. The fourth-order valence-electron chi connectivity index (χ4n) is 2.54.